The Morgan fingerprint density at radius 3 is 2.56 bits per heavy atom. The fourth-order valence-electron chi connectivity index (χ4n) is 3.60. The molecule has 0 amide bonds. The van der Waals surface area contributed by atoms with Crippen molar-refractivity contribution in [3.8, 4) is 16.9 Å². The van der Waals surface area contributed by atoms with Crippen LogP contribution in [0.3, 0.4) is 0 Å². The second-order valence-electron chi connectivity index (χ2n) is 6.73. The minimum atomic E-state index is -3.02. The molecule has 0 spiro atoms. The highest BCUT2D eigenvalue weighted by molar-refractivity contribution is 7.67. The Kier molecular flexibility index (Phi) is 4.42. The van der Waals surface area contributed by atoms with Crippen molar-refractivity contribution in [3.05, 3.63) is 48.5 Å². The molecule has 2 aromatic rings. The van der Waals surface area contributed by atoms with E-state index in [0.717, 1.165) is 16.4 Å². The van der Waals surface area contributed by atoms with Crippen molar-refractivity contribution in [2.75, 3.05) is 25.8 Å². The van der Waals surface area contributed by atoms with Crippen LogP contribution >= 0.6 is 7.37 Å². The highest BCUT2D eigenvalue weighted by Crippen LogP contribution is 2.54. The lowest BCUT2D eigenvalue weighted by atomic mass is 10.0. The van der Waals surface area contributed by atoms with Crippen LogP contribution in [0.5, 0.6) is 5.75 Å². The van der Waals surface area contributed by atoms with Crippen LogP contribution in [0.2, 0.25) is 0 Å². The maximum absolute atomic E-state index is 13.6. The van der Waals surface area contributed by atoms with E-state index < -0.39 is 19.6 Å². The molecule has 2 aromatic carbocycles. The molecule has 0 saturated carbocycles. The molecule has 1 fully saturated rings. The van der Waals surface area contributed by atoms with Crippen LogP contribution in [0.15, 0.2) is 48.5 Å². The van der Waals surface area contributed by atoms with Crippen LogP contribution in [0.1, 0.15) is 6.42 Å². The third kappa shape index (κ3) is 3.13. The maximum Gasteiger partial charge on any atom is 0.279 e. The fourth-order valence-corrected chi connectivity index (χ4v) is 5.93. The number of aliphatic hydroxyl groups is 2. The Bertz CT molecular complexity index is 825. The van der Waals surface area contributed by atoms with Crippen molar-refractivity contribution in [3.63, 3.8) is 0 Å². The molecule has 0 aromatic heterocycles. The average molecular weight is 359 g/mol. The zero-order valence-electron chi connectivity index (χ0n) is 13.9. The van der Waals surface area contributed by atoms with E-state index >= 15 is 0 Å². The molecule has 2 aliphatic heterocycles. The monoisotopic (exact) mass is 359 g/mol. The third-order valence-electron chi connectivity index (χ3n) is 5.04. The standard InChI is InChI=1S/C19H22NO4P/c21-16-9-10-20(13-17(16)22)11-12-25(23)19-8-4-2-6-15(19)14-5-1-3-7-18(14)24-25/h1-8,16-17,21-22H,9-13H2. The fraction of sp³-hybridized carbons (Fsp3) is 0.368. The van der Waals surface area contributed by atoms with E-state index in [1.807, 2.05) is 53.4 Å². The molecule has 0 aliphatic carbocycles. The molecular weight excluding hydrogens is 337 g/mol. The number of aliphatic hydroxyl groups excluding tert-OH is 2. The topological polar surface area (TPSA) is 70.0 Å². The molecule has 2 N–H and O–H groups in total. The second-order valence-corrected chi connectivity index (χ2v) is 9.18. The first-order valence-corrected chi connectivity index (χ1v) is 10.4. The SMILES string of the molecule is O=P1(CCN2CCC(O)C(O)C2)Oc2ccccc2-c2ccccc21. The number of fused-ring (bicyclic) bond motifs is 3. The van der Waals surface area contributed by atoms with Gasteiger partial charge in [-0.1, -0.05) is 36.4 Å². The Morgan fingerprint density at radius 1 is 1.04 bits per heavy atom. The van der Waals surface area contributed by atoms with Crippen LogP contribution in [-0.4, -0.2) is 53.1 Å². The smallest absolute Gasteiger partial charge is 0.279 e. The van der Waals surface area contributed by atoms with Crippen molar-refractivity contribution in [2.24, 2.45) is 0 Å². The van der Waals surface area contributed by atoms with E-state index in [1.165, 1.54) is 0 Å². The number of rotatable bonds is 3. The van der Waals surface area contributed by atoms with E-state index in [-0.39, 0.29) is 0 Å². The molecule has 3 unspecified atom stereocenters. The van der Waals surface area contributed by atoms with Gasteiger partial charge in [0.15, 0.2) is 0 Å². The number of nitrogens with zero attached hydrogens (tertiary/aromatic N) is 1. The minimum Gasteiger partial charge on any atom is -0.439 e. The lowest BCUT2D eigenvalue weighted by Gasteiger charge is -2.35. The summed E-state index contributed by atoms with van der Waals surface area (Å²) in [5.74, 6) is 0.665. The van der Waals surface area contributed by atoms with Crippen LogP contribution in [0.25, 0.3) is 11.1 Å². The van der Waals surface area contributed by atoms with Gasteiger partial charge in [0.1, 0.15) is 5.75 Å². The summed E-state index contributed by atoms with van der Waals surface area (Å²) in [6, 6.07) is 15.4. The lowest BCUT2D eigenvalue weighted by Crippen LogP contribution is -2.47. The van der Waals surface area contributed by atoms with Gasteiger partial charge in [0.25, 0.3) is 7.37 Å². The molecule has 25 heavy (non-hydrogen) atoms. The first-order chi connectivity index (χ1) is 12.1. The predicted octanol–water partition coefficient (Wildman–Crippen LogP) is 2.08. The first kappa shape index (κ1) is 16.8. The molecule has 2 aliphatic rings. The van der Waals surface area contributed by atoms with Gasteiger partial charge in [0.05, 0.1) is 23.7 Å². The highest BCUT2D eigenvalue weighted by Gasteiger charge is 2.36. The summed E-state index contributed by atoms with van der Waals surface area (Å²) in [4.78, 5) is 2.05. The number of para-hydroxylation sites is 1. The average Bonchev–Trinajstić information content (AvgIpc) is 2.63. The Balaban J connectivity index is 1.59. The van der Waals surface area contributed by atoms with E-state index in [4.69, 9.17) is 4.52 Å². The van der Waals surface area contributed by atoms with Gasteiger partial charge in [0.2, 0.25) is 0 Å². The van der Waals surface area contributed by atoms with Gasteiger partial charge in [-0.3, -0.25) is 9.46 Å². The van der Waals surface area contributed by atoms with E-state index in [0.29, 0.717) is 38.0 Å². The molecule has 132 valence electrons. The van der Waals surface area contributed by atoms with Gasteiger partial charge >= 0.3 is 0 Å². The number of hydrogen-bond donors (Lipinski definition) is 2. The highest BCUT2D eigenvalue weighted by atomic mass is 31.2. The number of benzene rings is 2. The molecule has 1 saturated heterocycles. The van der Waals surface area contributed by atoms with Crippen LogP contribution in [0.4, 0.5) is 0 Å². The van der Waals surface area contributed by atoms with Crippen LogP contribution in [-0.2, 0) is 4.57 Å². The van der Waals surface area contributed by atoms with Crippen molar-refractivity contribution >= 4 is 12.7 Å². The molecule has 0 radical (unpaired) electrons. The Labute approximate surface area is 147 Å². The molecule has 3 atom stereocenters. The molecule has 6 heteroatoms. The van der Waals surface area contributed by atoms with Crippen LogP contribution in [0, 0.1) is 0 Å². The summed E-state index contributed by atoms with van der Waals surface area (Å²) >= 11 is 0. The predicted molar refractivity (Wildman–Crippen MR) is 97.7 cm³/mol. The summed E-state index contributed by atoms with van der Waals surface area (Å²) in [7, 11) is -3.02. The van der Waals surface area contributed by atoms with Crippen molar-refractivity contribution in [2.45, 2.75) is 18.6 Å². The molecular formula is C19H22NO4P. The van der Waals surface area contributed by atoms with Gasteiger partial charge in [-0.05, 0) is 24.1 Å². The Morgan fingerprint density at radius 2 is 1.76 bits per heavy atom. The van der Waals surface area contributed by atoms with Gasteiger partial charge in [-0.15, -0.1) is 0 Å². The normalized spacial score (nSPS) is 28.7. The van der Waals surface area contributed by atoms with E-state index in [9.17, 15) is 14.8 Å². The number of hydrogen-bond acceptors (Lipinski definition) is 5. The quantitative estimate of drug-likeness (QED) is 0.821. The largest absolute Gasteiger partial charge is 0.439 e. The maximum atomic E-state index is 13.6. The summed E-state index contributed by atoms with van der Waals surface area (Å²) in [6.07, 6.45) is -0.479. The summed E-state index contributed by atoms with van der Waals surface area (Å²) in [6.45, 7) is 1.66. The van der Waals surface area contributed by atoms with E-state index in [2.05, 4.69) is 0 Å². The van der Waals surface area contributed by atoms with E-state index in [1.54, 1.807) is 0 Å². The first-order valence-electron chi connectivity index (χ1n) is 8.63. The van der Waals surface area contributed by atoms with Crippen molar-refractivity contribution in [1.82, 2.24) is 4.90 Å². The third-order valence-corrected chi connectivity index (χ3v) is 7.44. The zero-order valence-corrected chi connectivity index (χ0v) is 14.8. The van der Waals surface area contributed by atoms with Gasteiger partial charge in [-0.2, -0.15) is 0 Å². The van der Waals surface area contributed by atoms with Gasteiger partial charge < -0.3 is 14.7 Å². The zero-order chi connectivity index (χ0) is 17.4. The molecule has 2 heterocycles. The van der Waals surface area contributed by atoms with Crippen molar-refractivity contribution in [1.29, 1.82) is 0 Å². The van der Waals surface area contributed by atoms with Gasteiger partial charge in [-0.25, -0.2) is 0 Å². The lowest BCUT2D eigenvalue weighted by molar-refractivity contribution is -0.0368. The summed E-state index contributed by atoms with van der Waals surface area (Å²) in [5.41, 5.74) is 1.95. The van der Waals surface area contributed by atoms with Crippen molar-refractivity contribution < 1.29 is 19.3 Å². The number of piperidine rings is 1. The number of β-amino-alcohol motifs (C(OH)–C–C–N with tert-alkyl or cyclic N) is 1. The second kappa shape index (κ2) is 6.58. The molecule has 5 nitrogen and oxygen atoms in total. The molecule has 0 bridgehead atoms. The number of likely N-dealkylation sites (tertiary alicyclic amines) is 1. The summed E-state index contributed by atoms with van der Waals surface area (Å²) < 4.78 is 19.6. The molecule has 4 rings (SSSR count). The minimum absolute atomic E-state index is 0.390. The summed E-state index contributed by atoms with van der Waals surface area (Å²) in [5, 5.41) is 20.3. The Hall–Kier alpha value is -1.65. The van der Waals surface area contributed by atoms with Crippen LogP contribution < -0.4 is 9.83 Å². The van der Waals surface area contributed by atoms with Gasteiger partial charge in [0, 0.05) is 25.2 Å².